The van der Waals surface area contributed by atoms with Crippen LogP contribution in [0.1, 0.15) is 11.6 Å². The Morgan fingerprint density at radius 1 is 0.771 bits per heavy atom. The zero-order valence-corrected chi connectivity index (χ0v) is 20.1. The fourth-order valence-electron chi connectivity index (χ4n) is 4.68. The number of fused-ring (bicyclic) bond motifs is 1. The van der Waals surface area contributed by atoms with Crippen LogP contribution in [0.25, 0.3) is 0 Å². The number of para-hydroxylation sites is 1. The number of imide groups is 1. The molecule has 0 saturated carbocycles. The van der Waals surface area contributed by atoms with Gasteiger partial charge in [0.2, 0.25) is 5.91 Å². The first-order valence-corrected chi connectivity index (χ1v) is 11.3. The molecule has 2 heterocycles. The minimum absolute atomic E-state index is 0.387. The highest BCUT2D eigenvalue weighted by atomic mass is 35.5. The van der Waals surface area contributed by atoms with Crippen molar-refractivity contribution in [2.75, 3.05) is 31.3 Å². The van der Waals surface area contributed by atoms with Crippen molar-refractivity contribution < 1.29 is 28.6 Å². The molecule has 8 nitrogen and oxygen atoms in total. The van der Waals surface area contributed by atoms with Gasteiger partial charge in [0.25, 0.3) is 5.91 Å². The Morgan fingerprint density at radius 3 is 2.09 bits per heavy atom. The number of ether oxygens (including phenoxy) is 3. The van der Waals surface area contributed by atoms with Gasteiger partial charge in [0.05, 0.1) is 32.7 Å². The smallest absolute Gasteiger partial charge is 0.266 e. The second-order valence-electron chi connectivity index (χ2n) is 8.10. The standard InChI is InChI=1S/C26H23ClN2O6/c1-32-19-14-21(34-3)20(33-2)13-18(19)23-22-24(35-29(23)16-9-5-4-6-10-16)26(31)28(25(22)30)17-11-7-8-15(27)12-17/h4-14,22-24H,1-3H3/t22-,23+,24+/m0/s1. The van der Waals surface area contributed by atoms with E-state index in [-0.39, 0.29) is 5.91 Å². The lowest BCUT2D eigenvalue weighted by molar-refractivity contribution is -0.126. The van der Waals surface area contributed by atoms with Crippen LogP contribution in [0.5, 0.6) is 17.2 Å². The van der Waals surface area contributed by atoms with Crippen LogP contribution < -0.4 is 24.2 Å². The summed E-state index contributed by atoms with van der Waals surface area (Å²) in [5, 5.41) is 2.02. The average molecular weight is 495 g/mol. The van der Waals surface area contributed by atoms with Crippen molar-refractivity contribution in [3.63, 3.8) is 0 Å². The molecule has 2 saturated heterocycles. The summed E-state index contributed by atoms with van der Waals surface area (Å²) in [6.07, 6.45) is -1.02. The summed E-state index contributed by atoms with van der Waals surface area (Å²) in [4.78, 5) is 34.6. The van der Waals surface area contributed by atoms with Crippen molar-refractivity contribution in [1.29, 1.82) is 0 Å². The first kappa shape index (κ1) is 23.0. The fourth-order valence-corrected chi connectivity index (χ4v) is 4.87. The molecule has 0 unspecified atom stereocenters. The second kappa shape index (κ2) is 9.13. The van der Waals surface area contributed by atoms with Crippen LogP contribution in [-0.4, -0.2) is 39.2 Å². The molecule has 3 aromatic carbocycles. The molecule has 0 radical (unpaired) electrons. The first-order chi connectivity index (χ1) is 17.0. The van der Waals surface area contributed by atoms with Crippen LogP contribution in [0.2, 0.25) is 5.02 Å². The molecule has 9 heteroatoms. The zero-order valence-electron chi connectivity index (χ0n) is 19.3. The summed E-state index contributed by atoms with van der Waals surface area (Å²) < 4.78 is 16.6. The van der Waals surface area contributed by atoms with Crippen LogP contribution in [0.4, 0.5) is 11.4 Å². The number of rotatable bonds is 6. The Morgan fingerprint density at radius 2 is 1.43 bits per heavy atom. The number of anilines is 2. The fraction of sp³-hybridized carbons (Fsp3) is 0.231. The lowest BCUT2D eigenvalue weighted by Gasteiger charge is -2.30. The number of carbonyl (C=O) groups excluding carboxylic acids is 2. The molecule has 0 aliphatic carbocycles. The maximum absolute atomic E-state index is 13.8. The molecule has 0 aromatic heterocycles. The molecule has 180 valence electrons. The van der Waals surface area contributed by atoms with Gasteiger partial charge in [-0.2, -0.15) is 0 Å². The number of hydrogen-bond acceptors (Lipinski definition) is 7. The lowest BCUT2D eigenvalue weighted by atomic mass is 9.89. The quantitative estimate of drug-likeness (QED) is 0.469. The summed E-state index contributed by atoms with van der Waals surface area (Å²) in [5.74, 6) is -0.270. The summed E-state index contributed by atoms with van der Waals surface area (Å²) in [7, 11) is 4.59. The molecule has 3 aromatic rings. The molecule has 0 bridgehead atoms. The van der Waals surface area contributed by atoms with Crippen molar-refractivity contribution >= 4 is 34.8 Å². The first-order valence-electron chi connectivity index (χ1n) is 10.9. The predicted octanol–water partition coefficient (Wildman–Crippen LogP) is 4.42. The van der Waals surface area contributed by atoms with E-state index in [1.165, 1.54) is 21.3 Å². The van der Waals surface area contributed by atoms with Gasteiger partial charge < -0.3 is 14.2 Å². The highest BCUT2D eigenvalue weighted by Gasteiger charge is 2.61. The summed E-state index contributed by atoms with van der Waals surface area (Å²) >= 11 is 6.14. The third-order valence-electron chi connectivity index (χ3n) is 6.25. The number of methoxy groups -OCH3 is 3. The van der Waals surface area contributed by atoms with Gasteiger partial charge in [0.1, 0.15) is 17.7 Å². The van der Waals surface area contributed by atoms with Crippen LogP contribution in [0.15, 0.2) is 66.7 Å². The molecule has 5 rings (SSSR count). The number of amides is 2. The Balaban J connectivity index is 1.66. The Kier molecular flexibility index (Phi) is 6.00. The number of hydroxylamine groups is 1. The minimum atomic E-state index is -1.02. The van der Waals surface area contributed by atoms with Crippen molar-refractivity contribution in [1.82, 2.24) is 0 Å². The van der Waals surface area contributed by atoms with Gasteiger partial charge in [-0.3, -0.25) is 14.4 Å². The molecule has 35 heavy (non-hydrogen) atoms. The van der Waals surface area contributed by atoms with Crippen LogP contribution in [0, 0.1) is 5.92 Å². The van der Waals surface area contributed by atoms with E-state index < -0.39 is 24.0 Å². The van der Waals surface area contributed by atoms with Gasteiger partial charge in [-0.05, 0) is 36.4 Å². The van der Waals surface area contributed by atoms with Crippen molar-refractivity contribution in [2.24, 2.45) is 5.92 Å². The van der Waals surface area contributed by atoms with E-state index in [1.807, 2.05) is 30.3 Å². The van der Waals surface area contributed by atoms with Crippen molar-refractivity contribution in [3.8, 4) is 17.2 Å². The summed E-state index contributed by atoms with van der Waals surface area (Å²) in [6, 6.07) is 18.7. The van der Waals surface area contributed by atoms with E-state index in [1.54, 1.807) is 41.5 Å². The van der Waals surface area contributed by atoms with Gasteiger partial charge in [-0.15, -0.1) is 0 Å². The minimum Gasteiger partial charge on any atom is -0.496 e. The van der Waals surface area contributed by atoms with Crippen molar-refractivity contribution in [3.05, 3.63) is 77.3 Å². The third-order valence-corrected chi connectivity index (χ3v) is 6.48. The van der Waals surface area contributed by atoms with Crippen LogP contribution in [-0.2, 0) is 14.4 Å². The molecular formula is C26H23ClN2O6. The number of carbonyl (C=O) groups is 2. The van der Waals surface area contributed by atoms with Gasteiger partial charge in [0, 0.05) is 16.7 Å². The Labute approximate surface area is 207 Å². The number of hydrogen-bond donors (Lipinski definition) is 0. The molecule has 2 amide bonds. The molecule has 2 aliphatic heterocycles. The van der Waals surface area contributed by atoms with E-state index in [0.717, 1.165) is 4.90 Å². The van der Waals surface area contributed by atoms with E-state index in [4.69, 9.17) is 30.6 Å². The summed E-state index contributed by atoms with van der Waals surface area (Å²) in [5.41, 5.74) is 1.71. The monoisotopic (exact) mass is 494 g/mol. The molecular weight excluding hydrogens is 472 g/mol. The van der Waals surface area contributed by atoms with E-state index >= 15 is 0 Å². The molecule has 3 atom stereocenters. The van der Waals surface area contributed by atoms with Gasteiger partial charge >= 0.3 is 0 Å². The van der Waals surface area contributed by atoms with E-state index in [2.05, 4.69) is 0 Å². The zero-order chi connectivity index (χ0) is 24.7. The largest absolute Gasteiger partial charge is 0.496 e. The maximum atomic E-state index is 13.8. The van der Waals surface area contributed by atoms with Crippen LogP contribution >= 0.6 is 11.6 Å². The Hall–Kier alpha value is -3.75. The lowest BCUT2D eigenvalue weighted by Crippen LogP contribution is -2.37. The highest BCUT2D eigenvalue weighted by Crippen LogP contribution is 2.51. The van der Waals surface area contributed by atoms with E-state index in [0.29, 0.717) is 39.2 Å². The molecule has 0 N–H and O–H groups in total. The third kappa shape index (κ3) is 3.75. The average Bonchev–Trinajstić information content (AvgIpc) is 3.39. The number of nitrogens with zero attached hydrogens (tertiary/aromatic N) is 2. The summed E-state index contributed by atoms with van der Waals surface area (Å²) in [6.45, 7) is 0. The van der Waals surface area contributed by atoms with Gasteiger partial charge in [-0.25, -0.2) is 9.96 Å². The molecule has 0 spiro atoms. The maximum Gasteiger partial charge on any atom is 0.266 e. The predicted molar refractivity (Wildman–Crippen MR) is 130 cm³/mol. The Bertz CT molecular complexity index is 1280. The van der Waals surface area contributed by atoms with Gasteiger partial charge in [0.15, 0.2) is 17.6 Å². The molecule has 2 aliphatic rings. The SMILES string of the molecule is COc1cc(OC)c([C@@H]2[C@@H]3C(=O)N(c4cccc(Cl)c4)C(=O)[C@@H]3ON2c2ccccc2)cc1OC. The van der Waals surface area contributed by atoms with Gasteiger partial charge in [-0.1, -0.05) is 35.9 Å². The molecule has 2 fully saturated rings. The van der Waals surface area contributed by atoms with E-state index in [9.17, 15) is 9.59 Å². The van der Waals surface area contributed by atoms with Crippen molar-refractivity contribution in [2.45, 2.75) is 12.1 Å². The number of benzene rings is 3. The van der Waals surface area contributed by atoms with Crippen LogP contribution in [0.3, 0.4) is 0 Å². The second-order valence-corrected chi connectivity index (χ2v) is 8.54. The topological polar surface area (TPSA) is 77.5 Å². The number of halogens is 1. The highest BCUT2D eigenvalue weighted by molar-refractivity contribution is 6.31. The normalized spacial score (nSPS) is 21.3.